The van der Waals surface area contributed by atoms with E-state index < -0.39 is 5.91 Å². The van der Waals surface area contributed by atoms with E-state index in [4.69, 9.17) is 5.21 Å². The summed E-state index contributed by atoms with van der Waals surface area (Å²) in [5, 5.41) is 10.4. The van der Waals surface area contributed by atoms with Gasteiger partial charge in [0.25, 0.3) is 11.8 Å². The monoisotopic (exact) mass is 314 g/mol. The van der Waals surface area contributed by atoms with Gasteiger partial charge in [-0.3, -0.25) is 14.8 Å². The number of nitrogens with one attached hydrogen (secondary N) is 1. The van der Waals surface area contributed by atoms with Crippen LogP contribution in [0.15, 0.2) is 41.8 Å². The van der Waals surface area contributed by atoms with Gasteiger partial charge in [0, 0.05) is 19.2 Å². The predicted molar refractivity (Wildman–Crippen MR) is 83.3 cm³/mol. The zero-order valence-electron chi connectivity index (χ0n) is 11.7. The molecule has 2 amide bonds. The Bertz CT molecular complexity index is 738. The molecule has 5 nitrogen and oxygen atoms in total. The van der Waals surface area contributed by atoms with E-state index in [-0.39, 0.29) is 5.91 Å². The van der Waals surface area contributed by atoms with Crippen LogP contribution in [-0.2, 0) is 17.9 Å². The van der Waals surface area contributed by atoms with Crippen LogP contribution in [0.1, 0.15) is 26.4 Å². The second kappa shape index (κ2) is 6.13. The molecule has 0 atom stereocenters. The van der Waals surface area contributed by atoms with Crippen LogP contribution in [0.3, 0.4) is 0 Å². The topological polar surface area (TPSA) is 69.6 Å². The smallest absolute Gasteiger partial charge is 0.267 e. The molecule has 2 N–H and O–H groups in total. The summed E-state index contributed by atoms with van der Waals surface area (Å²) in [5.41, 5.74) is 4.60. The molecular weight excluding hydrogens is 300 g/mol. The second-order valence-corrected chi connectivity index (χ2v) is 5.92. The number of carbonyl (C=O) groups is 2. The fourth-order valence-corrected chi connectivity index (χ4v) is 3.12. The molecule has 1 aliphatic heterocycles. The first kappa shape index (κ1) is 14.5. The molecule has 1 aromatic carbocycles. The number of carbonyl (C=O) groups excluding carboxylic acids is 2. The van der Waals surface area contributed by atoms with Crippen LogP contribution in [0.4, 0.5) is 0 Å². The minimum atomic E-state index is -0.574. The standard InChI is InChI=1S/C16H14N2O3S/c19-15(17-21)6-4-11-3-5-12-9-18(10-13(12)8-11)16(20)14-2-1-7-22-14/h1-8,21H,9-10H2,(H,17,19). The zero-order chi connectivity index (χ0) is 15.5. The van der Waals surface area contributed by atoms with Crippen molar-refractivity contribution in [2.45, 2.75) is 13.1 Å². The van der Waals surface area contributed by atoms with E-state index in [1.807, 2.05) is 40.6 Å². The van der Waals surface area contributed by atoms with Gasteiger partial charge in [0.15, 0.2) is 0 Å². The van der Waals surface area contributed by atoms with Crippen molar-refractivity contribution in [1.82, 2.24) is 10.4 Å². The number of fused-ring (bicyclic) bond motifs is 1. The molecule has 0 radical (unpaired) electrons. The van der Waals surface area contributed by atoms with Crippen LogP contribution in [-0.4, -0.2) is 21.9 Å². The second-order valence-electron chi connectivity index (χ2n) is 4.98. The summed E-state index contributed by atoms with van der Waals surface area (Å²) in [6, 6.07) is 9.51. The Balaban J connectivity index is 1.75. The molecule has 0 bridgehead atoms. The summed E-state index contributed by atoms with van der Waals surface area (Å²) < 4.78 is 0. The Kier molecular flexibility index (Phi) is 4.04. The summed E-state index contributed by atoms with van der Waals surface area (Å²) in [6.45, 7) is 1.17. The molecule has 6 heteroatoms. The Morgan fingerprint density at radius 3 is 2.77 bits per heavy atom. The fourth-order valence-electron chi connectivity index (χ4n) is 2.43. The number of hydrogen-bond acceptors (Lipinski definition) is 4. The molecule has 0 fully saturated rings. The number of hydroxylamine groups is 1. The first-order chi connectivity index (χ1) is 10.7. The highest BCUT2D eigenvalue weighted by Gasteiger charge is 2.24. The minimum absolute atomic E-state index is 0.0444. The number of rotatable bonds is 3. The van der Waals surface area contributed by atoms with E-state index in [1.54, 1.807) is 11.6 Å². The van der Waals surface area contributed by atoms with Crippen LogP contribution in [0, 0.1) is 0 Å². The normalized spacial score (nSPS) is 13.4. The Labute approximate surface area is 131 Å². The summed E-state index contributed by atoms with van der Waals surface area (Å²) in [4.78, 5) is 25.9. The number of amides is 2. The number of nitrogens with zero attached hydrogens (tertiary/aromatic N) is 1. The van der Waals surface area contributed by atoms with Gasteiger partial charge in [-0.05, 0) is 40.3 Å². The third-order valence-corrected chi connectivity index (χ3v) is 4.37. The highest BCUT2D eigenvalue weighted by Crippen LogP contribution is 2.26. The maximum atomic E-state index is 12.4. The molecule has 1 aromatic heterocycles. The fraction of sp³-hybridized carbons (Fsp3) is 0.125. The van der Waals surface area contributed by atoms with Crippen molar-refractivity contribution in [3.8, 4) is 0 Å². The molecule has 0 unspecified atom stereocenters. The predicted octanol–water partition coefficient (Wildman–Crippen LogP) is 2.42. The van der Waals surface area contributed by atoms with Gasteiger partial charge in [0.2, 0.25) is 0 Å². The highest BCUT2D eigenvalue weighted by molar-refractivity contribution is 7.12. The molecule has 1 aliphatic rings. The van der Waals surface area contributed by atoms with E-state index in [9.17, 15) is 9.59 Å². The van der Waals surface area contributed by atoms with Crippen LogP contribution in [0.25, 0.3) is 6.08 Å². The van der Waals surface area contributed by atoms with Crippen molar-refractivity contribution in [3.63, 3.8) is 0 Å². The van der Waals surface area contributed by atoms with Crippen LogP contribution in [0.5, 0.6) is 0 Å². The largest absolute Gasteiger partial charge is 0.329 e. The summed E-state index contributed by atoms with van der Waals surface area (Å²) in [7, 11) is 0. The number of hydrogen-bond donors (Lipinski definition) is 2. The van der Waals surface area contributed by atoms with Gasteiger partial charge in [-0.25, -0.2) is 5.48 Å². The molecule has 0 saturated heterocycles. The lowest BCUT2D eigenvalue weighted by atomic mass is 10.1. The molecule has 0 spiro atoms. The van der Waals surface area contributed by atoms with Gasteiger partial charge in [-0.2, -0.15) is 0 Å². The van der Waals surface area contributed by atoms with Gasteiger partial charge in [0.1, 0.15) is 0 Å². The third-order valence-electron chi connectivity index (χ3n) is 3.51. The van der Waals surface area contributed by atoms with E-state index in [0.29, 0.717) is 13.1 Å². The molecule has 0 saturated carbocycles. The zero-order valence-corrected chi connectivity index (χ0v) is 12.5. The lowest BCUT2D eigenvalue weighted by Gasteiger charge is -2.13. The Morgan fingerprint density at radius 2 is 2.05 bits per heavy atom. The minimum Gasteiger partial charge on any atom is -0.329 e. The first-order valence-electron chi connectivity index (χ1n) is 6.74. The maximum absolute atomic E-state index is 12.4. The summed E-state index contributed by atoms with van der Waals surface area (Å²) in [6.07, 6.45) is 2.88. The van der Waals surface area contributed by atoms with Crippen LogP contribution in [0.2, 0.25) is 0 Å². The SMILES string of the molecule is O=C(C=Cc1ccc2c(c1)CN(C(=O)c1cccs1)C2)NO. The Morgan fingerprint density at radius 1 is 1.23 bits per heavy atom. The van der Waals surface area contributed by atoms with Gasteiger partial charge < -0.3 is 4.90 Å². The van der Waals surface area contributed by atoms with Gasteiger partial charge in [-0.1, -0.05) is 18.2 Å². The average molecular weight is 314 g/mol. The summed E-state index contributed by atoms with van der Waals surface area (Å²) >= 11 is 1.44. The van der Waals surface area contributed by atoms with Crippen LogP contribution < -0.4 is 5.48 Å². The molecule has 0 aliphatic carbocycles. The van der Waals surface area contributed by atoms with Crippen molar-refractivity contribution < 1.29 is 14.8 Å². The third kappa shape index (κ3) is 2.93. The van der Waals surface area contributed by atoms with Crippen molar-refractivity contribution in [1.29, 1.82) is 0 Å². The lowest BCUT2D eigenvalue weighted by Crippen LogP contribution is -2.24. The van der Waals surface area contributed by atoms with E-state index in [2.05, 4.69) is 0 Å². The molecular formula is C16H14N2O3S. The highest BCUT2D eigenvalue weighted by atomic mass is 32.1. The van der Waals surface area contributed by atoms with Gasteiger partial charge in [-0.15, -0.1) is 11.3 Å². The lowest BCUT2D eigenvalue weighted by molar-refractivity contribution is -0.124. The van der Waals surface area contributed by atoms with Crippen molar-refractivity contribution in [3.05, 3.63) is 63.4 Å². The first-order valence-corrected chi connectivity index (χ1v) is 7.62. The quantitative estimate of drug-likeness (QED) is 0.519. The van der Waals surface area contributed by atoms with Crippen molar-refractivity contribution in [2.75, 3.05) is 0 Å². The van der Waals surface area contributed by atoms with Gasteiger partial charge in [0.05, 0.1) is 4.88 Å². The molecule has 22 heavy (non-hydrogen) atoms. The van der Waals surface area contributed by atoms with E-state index >= 15 is 0 Å². The van der Waals surface area contributed by atoms with E-state index in [1.165, 1.54) is 17.4 Å². The molecule has 2 aromatic rings. The molecule has 112 valence electrons. The van der Waals surface area contributed by atoms with Crippen molar-refractivity contribution in [2.24, 2.45) is 0 Å². The average Bonchev–Trinajstić information content (AvgIpc) is 3.20. The molecule has 3 rings (SSSR count). The van der Waals surface area contributed by atoms with Gasteiger partial charge >= 0.3 is 0 Å². The Hall–Kier alpha value is -2.44. The summed E-state index contributed by atoms with van der Waals surface area (Å²) in [5.74, 6) is -0.530. The molecule has 2 heterocycles. The van der Waals surface area contributed by atoms with Crippen LogP contribution >= 0.6 is 11.3 Å². The number of benzene rings is 1. The van der Waals surface area contributed by atoms with Crippen molar-refractivity contribution >= 4 is 29.2 Å². The maximum Gasteiger partial charge on any atom is 0.267 e. The van der Waals surface area contributed by atoms with E-state index in [0.717, 1.165) is 21.6 Å². The number of thiophene rings is 1.